The number of aliphatic hydroxyl groups is 1. The molecular formula is C10H17NO3. The zero-order valence-corrected chi connectivity index (χ0v) is 8.53. The van der Waals surface area contributed by atoms with Gasteiger partial charge in [0.05, 0.1) is 6.61 Å². The van der Waals surface area contributed by atoms with Crippen LogP contribution in [0.3, 0.4) is 0 Å². The van der Waals surface area contributed by atoms with Crippen molar-refractivity contribution < 1.29 is 14.6 Å². The first-order valence-corrected chi connectivity index (χ1v) is 5.24. The zero-order valence-electron chi connectivity index (χ0n) is 8.53. The van der Waals surface area contributed by atoms with Crippen molar-refractivity contribution in [1.29, 1.82) is 0 Å². The van der Waals surface area contributed by atoms with E-state index in [1.807, 2.05) is 6.92 Å². The van der Waals surface area contributed by atoms with E-state index in [0.29, 0.717) is 6.61 Å². The molecule has 2 rings (SSSR count). The van der Waals surface area contributed by atoms with Gasteiger partial charge in [0.15, 0.2) is 0 Å². The highest BCUT2D eigenvalue weighted by molar-refractivity contribution is 5.71. The summed E-state index contributed by atoms with van der Waals surface area (Å²) in [5, 5.41) is 9.30. The Morgan fingerprint density at radius 3 is 2.79 bits per heavy atom. The first-order valence-electron chi connectivity index (χ1n) is 5.24. The Bertz CT molecular complexity index is 238. The highest BCUT2D eigenvalue weighted by Crippen LogP contribution is 2.33. The van der Waals surface area contributed by atoms with Crippen molar-refractivity contribution in [1.82, 2.24) is 4.90 Å². The van der Waals surface area contributed by atoms with Gasteiger partial charge in [-0.25, -0.2) is 4.79 Å². The maximum Gasteiger partial charge on any atom is 0.410 e. The number of carbonyl (C=O) groups excluding carboxylic acids is 1. The molecule has 2 fully saturated rings. The number of hydrogen-bond donors (Lipinski definition) is 1. The molecule has 1 amide bonds. The molecule has 0 spiro atoms. The molecule has 1 saturated heterocycles. The molecule has 1 saturated carbocycles. The molecule has 0 aromatic rings. The summed E-state index contributed by atoms with van der Waals surface area (Å²) in [5.74, 6) is 0. The Labute approximate surface area is 83.8 Å². The fourth-order valence-corrected chi connectivity index (χ4v) is 2.45. The monoisotopic (exact) mass is 199 g/mol. The standard InChI is InChI=1S/C10H17NO3/c1-10(6-12)7-14-9(13)11(10)8-4-2-3-5-8/h8,12H,2-7H2,1H3. The van der Waals surface area contributed by atoms with Crippen LogP contribution >= 0.6 is 0 Å². The number of amides is 1. The van der Waals surface area contributed by atoms with E-state index in [1.165, 1.54) is 12.8 Å². The molecule has 80 valence electrons. The zero-order chi connectivity index (χ0) is 10.2. The molecule has 14 heavy (non-hydrogen) atoms. The van der Waals surface area contributed by atoms with Crippen LogP contribution < -0.4 is 0 Å². The van der Waals surface area contributed by atoms with Crippen molar-refractivity contribution >= 4 is 6.09 Å². The number of ether oxygens (including phenoxy) is 1. The van der Waals surface area contributed by atoms with Crippen LogP contribution in [0, 0.1) is 0 Å². The van der Waals surface area contributed by atoms with E-state index in [0.717, 1.165) is 12.8 Å². The maximum atomic E-state index is 11.5. The molecule has 1 atom stereocenters. The molecule has 4 heteroatoms. The summed E-state index contributed by atoms with van der Waals surface area (Å²) >= 11 is 0. The molecule has 4 nitrogen and oxygen atoms in total. The first kappa shape index (κ1) is 9.77. The molecule has 1 heterocycles. The van der Waals surface area contributed by atoms with Gasteiger partial charge in [0, 0.05) is 6.04 Å². The highest BCUT2D eigenvalue weighted by Gasteiger charge is 2.47. The van der Waals surface area contributed by atoms with Crippen LogP contribution in [0.4, 0.5) is 4.79 Å². The topological polar surface area (TPSA) is 49.8 Å². The Kier molecular flexibility index (Phi) is 2.39. The number of carbonyl (C=O) groups is 1. The molecular weight excluding hydrogens is 182 g/mol. The molecule has 1 aliphatic heterocycles. The molecule has 0 aromatic heterocycles. The van der Waals surface area contributed by atoms with Crippen molar-refractivity contribution in [2.45, 2.75) is 44.2 Å². The minimum atomic E-state index is -0.494. The number of hydrogen-bond acceptors (Lipinski definition) is 3. The number of nitrogens with zero attached hydrogens (tertiary/aromatic N) is 1. The fourth-order valence-electron chi connectivity index (χ4n) is 2.45. The second kappa shape index (κ2) is 3.42. The van der Waals surface area contributed by atoms with Gasteiger partial charge in [-0.1, -0.05) is 12.8 Å². The summed E-state index contributed by atoms with van der Waals surface area (Å²) in [4.78, 5) is 13.3. The lowest BCUT2D eigenvalue weighted by Crippen LogP contribution is -2.51. The van der Waals surface area contributed by atoms with Gasteiger partial charge in [0.1, 0.15) is 12.1 Å². The van der Waals surface area contributed by atoms with Gasteiger partial charge in [0.2, 0.25) is 0 Å². The van der Waals surface area contributed by atoms with E-state index in [9.17, 15) is 9.90 Å². The fraction of sp³-hybridized carbons (Fsp3) is 0.900. The van der Waals surface area contributed by atoms with Gasteiger partial charge in [-0.05, 0) is 19.8 Å². The molecule has 0 bridgehead atoms. The van der Waals surface area contributed by atoms with Gasteiger partial charge < -0.3 is 9.84 Å². The predicted octanol–water partition coefficient (Wildman–Crippen LogP) is 1.13. The average Bonchev–Trinajstić information content (AvgIpc) is 2.75. The minimum absolute atomic E-state index is 0.0186. The van der Waals surface area contributed by atoms with E-state index in [-0.39, 0.29) is 18.7 Å². The van der Waals surface area contributed by atoms with E-state index in [1.54, 1.807) is 4.90 Å². The summed E-state index contributed by atoms with van der Waals surface area (Å²) in [5.41, 5.74) is -0.494. The third kappa shape index (κ3) is 1.38. The van der Waals surface area contributed by atoms with E-state index in [2.05, 4.69) is 0 Å². The van der Waals surface area contributed by atoms with Gasteiger partial charge in [0.25, 0.3) is 0 Å². The van der Waals surface area contributed by atoms with Crippen LogP contribution in [-0.2, 0) is 4.74 Å². The smallest absolute Gasteiger partial charge is 0.410 e. The van der Waals surface area contributed by atoms with E-state index >= 15 is 0 Å². The third-order valence-electron chi connectivity index (χ3n) is 3.32. The maximum absolute atomic E-state index is 11.5. The van der Waals surface area contributed by atoms with Crippen LogP contribution in [0.2, 0.25) is 0 Å². The van der Waals surface area contributed by atoms with E-state index < -0.39 is 5.54 Å². The largest absolute Gasteiger partial charge is 0.447 e. The van der Waals surface area contributed by atoms with Crippen LogP contribution in [0.5, 0.6) is 0 Å². The Morgan fingerprint density at radius 2 is 2.21 bits per heavy atom. The van der Waals surface area contributed by atoms with Crippen molar-refractivity contribution in [3.8, 4) is 0 Å². The minimum Gasteiger partial charge on any atom is -0.447 e. The molecule has 1 unspecified atom stereocenters. The van der Waals surface area contributed by atoms with Gasteiger partial charge >= 0.3 is 6.09 Å². The first-order chi connectivity index (χ1) is 6.67. The highest BCUT2D eigenvalue weighted by atomic mass is 16.6. The SMILES string of the molecule is CC1(CO)COC(=O)N1C1CCCC1. The van der Waals surface area contributed by atoms with Crippen molar-refractivity contribution in [2.24, 2.45) is 0 Å². The quantitative estimate of drug-likeness (QED) is 0.725. The second-order valence-electron chi connectivity index (χ2n) is 4.52. The molecule has 0 radical (unpaired) electrons. The van der Waals surface area contributed by atoms with E-state index in [4.69, 9.17) is 4.74 Å². The third-order valence-corrected chi connectivity index (χ3v) is 3.32. The molecule has 1 N–H and O–H groups in total. The molecule has 0 aromatic carbocycles. The molecule has 2 aliphatic rings. The summed E-state index contributed by atoms with van der Waals surface area (Å²) in [6.45, 7) is 2.18. The predicted molar refractivity (Wildman–Crippen MR) is 50.9 cm³/mol. The number of aliphatic hydroxyl groups excluding tert-OH is 1. The average molecular weight is 199 g/mol. The molecule has 1 aliphatic carbocycles. The van der Waals surface area contributed by atoms with Crippen LogP contribution in [0.1, 0.15) is 32.6 Å². The van der Waals surface area contributed by atoms with Crippen molar-refractivity contribution in [2.75, 3.05) is 13.2 Å². The van der Waals surface area contributed by atoms with Crippen molar-refractivity contribution in [3.63, 3.8) is 0 Å². The van der Waals surface area contributed by atoms with Crippen LogP contribution in [0.15, 0.2) is 0 Å². The number of cyclic esters (lactones) is 1. The summed E-state index contributed by atoms with van der Waals surface area (Å²) < 4.78 is 5.01. The number of rotatable bonds is 2. The van der Waals surface area contributed by atoms with Gasteiger partial charge in [-0.3, -0.25) is 4.90 Å². The normalized spacial score (nSPS) is 33.9. The second-order valence-corrected chi connectivity index (χ2v) is 4.52. The van der Waals surface area contributed by atoms with Crippen molar-refractivity contribution in [3.05, 3.63) is 0 Å². The summed E-state index contributed by atoms with van der Waals surface area (Å²) in [7, 11) is 0. The summed E-state index contributed by atoms with van der Waals surface area (Å²) in [6, 6.07) is 0.280. The lowest BCUT2D eigenvalue weighted by molar-refractivity contribution is 0.0738. The van der Waals surface area contributed by atoms with Crippen LogP contribution in [-0.4, -0.2) is 40.9 Å². The Hall–Kier alpha value is -0.770. The van der Waals surface area contributed by atoms with Gasteiger partial charge in [-0.2, -0.15) is 0 Å². The Balaban J connectivity index is 2.16. The lowest BCUT2D eigenvalue weighted by atomic mass is 10.0. The van der Waals surface area contributed by atoms with Crippen LogP contribution in [0.25, 0.3) is 0 Å². The summed E-state index contributed by atoms with van der Waals surface area (Å²) in [6.07, 6.45) is 4.19. The Morgan fingerprint density at radius 1 is 1.57 bits per heavy atom. The van der Waals surface area contributed by atoms with Gasteiger partial charge in [-0.15, -0.1) is 0 Å². The lowest BCUT2D eigenvalue weighted by Gasteiger charge is -2.34.